The van der Waals surface area contributed by atoms with Crippen LogP contribution in [0.2, 0.25) is 0 Å². The van der Waals surface area contributed by atoms with Crippen LogP contribution in [0.25, 0.3) is 0 Å². The molecule has 1 N–H and O–H groups in total. The molecule has 0 aliphatic rings. The fourth-order valence-electron chi connectivity index (χ4n) is 2.29. The van der Waals surface area contributed by atoms with Crippen LogP contribution < -0.4 is 0 Å². The van der Waals surface area contributed by atoms with Gasteiger partial charge in [0.05, 0.1) is 11.9 Å². The minimum absolute atomic E-state index is 0.406. The van der Waals surface area contributed by atoms with Crippen molar-refractivity contribution in [2.24, 2.45) is 0 Å². The summed E-state index contributed by atoms with van der Waals surface area (Å²) >= 11 is 0. The van der Waals surface area contributed by atoms with Crippen LogP contribution in [-0.2, 0) is 5.60 Å². The van der Waals surface area contributed by atoms with Gasteiger partial charge >= 0.3 is 0 Å². The molecular formula is C16H18FNO. The molecule has 0 saturated carbocycles. The molecule has 1 unspecified atom stereocenters. The van der Waals surface area contributed by atoms with Crippen LogP contribution in [0.1, 0.15) is 34.9 Å². The molecule has 1 heterocycles. The summed E-state index contributed by atoms with van der Waals surface area (Å²) in [6.45, 7) is 7.69. The van der Waals surface area contributed by atoms with Crippen molar-refractivity contribution in [2.75, 3.05) is 0 Å². The van der Waals surface area contributed by atoms with Gasteiger partial charge in [0, 0.05) is 0 Å². The van der Waals surface area contributed by atoms with E-state index in [1.807, 2.05) is 32.9 Å². The zero-order valence-corrected chi connectivity index (χ0v) is 11.7. The van der Waals surface area contributed by atoms with Crippen molar-refractivity contribution in [3.8, 4) is 0 Å². The van der Waals surface area contributed by atoms with Gasteiger partial charge in [-0.25, -0.2) is 4.39 Å². The van der Waals surface area contributed by atoms with Gasteiger partial charge in [0.25, 0.3) is 0 Å². The Morgan fingerprint density at radius 2 is 1.68 bits per heavy atom. The van der Waals surface area contributed by atoms with Gasteiger partial charge in [0.2, 0.25) is 0 Å². The molecular weight excluding hydrogens is 241 g/mol. The zero-order valence-electron chi connectivity index (χ0n) is 11.7. The molecule has 2 nitrogen and oxygen atoms in total. The second-order valence-electron chi connectivity index (χ2n) is 5.19. The van der Waals surface area contributed by atoms with Gasteiger partial charge < -0.3 is 5.11 Å². The van der Waals surface area contributed by atoms with Gasteiger partial charge in [-0.05, 0) is 62.1 Å². The smallest absolute Gasteiger partial charge is 0.141 e. The maximum atomic E-state index is 12.9. The van der Waals surface area contributed by atoms with Crippen molar-refractivity contribution >= 4 is 0 Å². The van der Waals surface area contributed by atoms with Crippen molar-refractivity contribution in [3.05, 3.63) is 64.2 Å². The Morgan fingerprint density at radius 3 is 2.26 bits per heavy atom. The second-order valence-corrected chi connectivity index (χ2v) is 5.19. The largest absolute Gasteiger partial charge is 0.379 e. The summed E-state index contributed by atoms with van der Waals surface area (Å²) in [7, 11) is 0. The number of hydrogen-bond donors (Lipinski definition) is 1. The first-order valence-corrected chi connectivity index (χ1v) is 6.25. The summed E-state index contributed by atoms with van der Waals surface area (Å²) in [5.74, 6) is -0.406. The third-order valence-corrected chi connectivity index (χ3v) is 3.59. The van der Waals surface area contributed by atoms with E-state index < -0.39 is 11.4 Å². The lowest BCUT2D eigenvalue weighted by Gasteiger charge is -2.26. The molecule has 1 aromatic heterocycles. The molecule has 0 bridgehead atoms. The topological polar surface area (TPSA) is 33.1 Å². The average molecular weight is 259 g/mol. The highest BCUT2D eigenvalue weighted by atomic mass is 19.1. The third kappa shape index (κ3) is 2.51. The van der Waals surface area contributed by atoms with Crippen molar-refractivity contribution in [3.63, 3.8) is 0 Å². The van der Waals surface area contributed by atoms with Crippen LogP contribution >= 0.6 is 0 Å². The number of aliphatic hydroxyl groups is 1. The molecule has 0 fully saturated rings. The van der Waals surface area contributed by atoms with E-state index in [0.717, 1.165) is 22.9 Å². The summed E-state index contributed by atoms with van der Waals surface area (Å²) in [5, 5.41) is 10.8. The summed E-state index contributed by atoms with van der Waals surface area (Å²) in [6, 6.07) is 6.84. The van der Waals surface area contributed by atoms with Crippen molar-refractivity contribution < 1.29 is 9.50 Å². The minimum Gasteiger partial charge on any atom is -0.379 e. The number of hydrogen-bond acceptors (Lipinski definition) is 2. The van der Waals surface area contributed by atoms with Crippen molar-refractivity contribution in [1.29, 1.82) is 0 Å². The lowest BCUT2D eigenvalue weighted by molar-refractivity contribution is 0.0965. The van der Waals surface area contributed by atoms with E-state index in [4.69, 9.17) is 0 Å². The molecule has 100 valence electrons. The van der Waals surface area contributed by atoms with Crippen LogP contribution in [-0.4, -0.2) is 10.1 Å². The Kier molecular flexibility index (Phi) is 3.42. The first-order chi connectivity index (χ1) is 8.82. The number of aryl methyl sites for hydroxylation is 3. The molecule has 1 aromatic carbocycles. The molecule has 0 aliphatic carbocycles. The quantitative estimate of drug-likeness (QED) is 0.896. The Hall–Kier alpha value is -1.74. The Bertz CT molecular complexity index is 603. The fourth-order valence-corrected chi connectivity index (χ4v) is 2.29. The molecule has 2 aromatic rings. The first kappa shape index (κ1) is 13.7. The van der Waals surface area contributed by atoms with Crippen LogP contribution in [0.4, 0.5) is 4.39 Å². The minimum atomic E-state index is -1.23. The molecule has 0 amide bonds. The number of benzene rings is 1. The highest BCUT2D eigenvalue weighted by molar-refractivity contribution is 5.42. The highest BCUT2D eigenvalue weighted by Gasteiger charge is 2.29. The molecule has 3 heteroatoms. The number of aromatic nitrogens is 1. The van der Waals surface area contributed by atoms with Crippen molar-refractivity contribution in [1.82, 2.24) is 4.98 Å². The summed E-state index contributed by atoms with van der Waals surface area (Å²) in [6.07, 6.45) is 1.13. The van der Waals surface area contributed by atoms with Gasteiger partial charge in [-0.1, -0.05) is 12.1 Å². The molecule has 1 atom stereocenters. The first-order valence-electron chi connectivity index (χ1n) is 6.25. The van der Waals surface area contributed by atoms with Gasteiger partial charge in [0.1, 0.15) is 11.4 Å². The standard InChI is InChI=1S/C16H18FNO/c1-10-7-12(3)14(8-11(10)2)16(4,19)15-6-5-13(17)9-18-15/h5-9,19H,1-4H3. The van der Waals surface area contributed by atoms with E-state index in [9.17, 15) is 9.50 Å². The molecule has 2 rings (SSSR count). The van der Waals surface area contributed by atoms with Gasteiger partial charge in [-0.2, -0.15) is 0 Å². The maximum absolute atomic E-state index is 12.9. The Labute approximate surface area is 112 Å². The lowest BCUT2D eigenvalue weighted by atomic mass is 9.86. The summed E-state index contributed by atoms with van der Waals surface area (Å²) in [4.78, 5) is 3.99. The number of pyridine rings is 1. The van der Waals surface area contributed by atoms with E-state index in [2.05, 4.69) is 4.98 Å². The predicted octanol–water partition coefficient (Wildman–Crippen LogP) is 3.40. The second kappa shape index (κ2) is 4.74. The SMILES string of the molecule is Cc1cc(C)c(C(C)(O)c2ccc(F)cn2)cc1C. The van der Waals surface area contributed by atoms with Crippen LogP contribution in [0, 0.1) is 26.6 Å². The van der Waals surface area contributed by atoms with E-state index in [1.54, 1.807) is 6.92 Å². The van der Waals surface area contributed by atoms with Crippen LogP contribution in [0.15, 0.2) is 30.5 Å². The van der Waals surface area contributed by atoms with Crippen molar-refractivity contribution in [2.45, 2.75) is 33.3 Å². The molecule has 0 saturated heterocycles. The Morgan fingerprint density at radius 1 is 1.05 bits per heavy atom. The van der Waals surface area contributed by atoms with Crippen LogP contribution in [0.3, 0.4) is 0 Å². The van der Waals surface area contributed by atoms with Crippen LogP contribution in [0.5, 0.6) is 0 Å². The predicted molar refractivity (Wildman–Crippen MR) is 73.5 cm³/mol. The van der Waals surface area contributed by atoms with Gasteiger partial charge in [-0.3, -0.25) is 4.98 Å². The highest BCUT2D eigenvalue weighted by Crippen LogP contribution is 2.31. The lowest BCUT2D eigenvalue weighted by Crippen LogP contribution is -2.25. The van der Waals surface area contributed by atoms with E-state index >= 15 is 0 Å². The fraction of sp³-hybridized carbons (Fsp3) is 0.312. The molecule has 0 radical (unpaired) electrons. The molecule has 0 spiro atoms. The Balaban J connectivity index is 2.55. The average Bonchev–Trinajstić information content (AvgIpc) is 2.34. The molecule has 19 heavy (non-hydrogen) atoms. The van der Waals surface area contributed by atoms with E-state index in [1.165, 1.54) is 17.7 Å². The molecule has 0 aliphatic heterocycles. The number of halogens is 1. The number of rotatable bonds is 2. The van der Waals surface area contributed by atoms with Gasteiger partial charge in [0.15, 0.2) is 0 Å². The summed E-state index contributed by atoms with van der Waals surface area (Å²) in [5.41, 5.74) is 3.32. The van der Waals surface area contributed by atoms with Gasteiger partial charge in [-0.15, -0.1) is 0 Å². The zero-order chi connectivity index (χ0) is 14.2. The monoisotopic (exact) mass is 259 g/mol. The number of nitrogens with zero attached hydrogens (tertiary/aromatic N) is 1. The van der Waals surface area contributed by atoms with E-state index in [-0.39, 0.29) is 0 Å². The normalized spacial score (nSPS) is 14.2. The third-order valence-electron chi connectivity index (χ3n) is 3.59. The maximum Gasteiger partial charge on any atom is 0.141 e. The van der Waals surface area contributed by atoms with E-state index in [0.29, 0.717) is 5.69 Å². The summed E-state index contributed by atoms with van der Waals surface area (Å²) < 4.78 is 12.9.